The van der Waals surface area contributed by atoms with E-state index in [0.717, 1.165) is 38.9 Å². The molecule has 294 valence electrons. The molecule has 0 spiro atoms. The molecule has 0 unspecified atom stereocenters. The van der Waals surface area contributed by atoms with Crippen molar-refractivity contribution in [2.45, 2.75) is 0 Å². The van der Waals surface area contributed by atoms with Gasteiger partial charge in [0.15, 0.2) is 17.5 Å². The number of thiophene rings is 1. The molecule has 0 bridgehead atoms. The second-order valence-electron chi connectivity index (χ2n) is 15.9. The van der Waals surface area contributed by atoms with Crippen LogP contribution in [0.4, 0.5) is 0 Å². The lowest BCUT2D eigenvalue weighted by Gasteiger charge is -2.15. The van der Waals surface area contributed by atoms with E-state index < -0.39 is 0 Å². The molecule has 2 heterocycles. The molecular weight excluding hydrogens is 783 g/mol. The van der Waals surface area contributed by atoms with E-state index in [2.05, 4.69) is 206 Å². The molecule has 2 aromatic heterocycles. The Labute approximate surface area is 369 Å². The predicted molar refractivity (Wildman–Crippen MR) is 266 cm³/mol. The zero-order valence-corrected chi connectivity index (χ0v) is 34.9. The zero-order chi connectivity index (χ0) is 41.7. The van der Waals surface area contributed by atoms with Crippen molar-refractivity contribution in [1.82, 2.24) is 15.0 Å². The van der Waals surface area contributed by atoms with E-state index >= 15 is 0 Å². The van der Waals surface area contributed by atoms with Crippen LogP contribution in [-0.2, 0) is 0 Å². The number of nitrogens with zero attached hydrogens (tertiary/aromatic N) is 3. The van der Waals surface area contributed by atoms with E-state index in [1.54, 1.807) is 0 Å². The Bertz CT molecular complexity index is 3660. The van der Waals surface area contributed by atoms with Gasteiger partial charge in [0.05, 0.1) is 0 Å². The zero-order valence-electron chi connectivity index (χ0n) is 34.1. The number of benzene rings is 10. The summed E-state index contributed by atoms with van der Waals surface area (Å²) in [6.07, 6.45) is 0. The van der Waals surface area contributed by atoms with Gasteiger partial charge in [-0.3, -0.25) is 0 Å². The fourth-order valence-corrected chi connectivity index (χ4v) is 10.2. The molecule has 10 aromatic carbocycles. The van der Waals surface area contributed by atoms with Crippen LogP contribution in [0.15, 0.2) is 224 Å². The summed E-state index contributed by atoms with van der Waals surface area (Å²) >= 11 is 1.84. The molecule has 0 saturated carbocycles. The van der Waals surface area contributed by atoms with Gasteiger partial charge in [0.1, 0.15) is 0 Å². The van der Waals surface area contributed by atoms with Gasteiger partial charge < -0.3 is 0 Å². The minimum atomic E-state index is 0.622. The van der Waals surface area contributed by atoms with Gasteiger partial charge in [0.25, 0.3) is 0 Å². The smallest absolute Gasteiger partial charge is 0.164 e. The molecule has 3 nitrogen and oxygen atoms in total. The van der Waals surface area contributed by atoms with Gasteiger partial charge in [-0.05, 0) is 84.3 Å². The maximum Gasteiger partial charge on any atom is 0.164 e. The van der Waals surface area contributed by atoms with Gasteiger partial charge in [-0.1, -0.05) is 206 Å². The summed E-state index contributed by atoms with van der Waals surface area (Å²) in [5, 5.41) is 7.48. The molecule has 4 heteroatoms. The molecule has 0 radical (unpaired) electrons. The van der Waals surface area contributed by atoms with Crippen LogP contribution in [0.1, 0.15) is 0 Å². The molecule has 0 aliphatic rings. The first-order valence-corrected chi connectivity index (χ1v) is 22.1. The Morgan fingerprint density at radius 2 is 0.683 bits per heavy atom. The maximum absolute atomic E-state index is 5.23. The summed E-state index contributed by atoms with van der Waals surface area (Å²) in [6.45, 7) is 0. The van der Waals surface area contributed by atoms with Crippen LogP contribution in [0.25, 0.3) is 120 Å². The van der Waals surface area contributed by atoms with Crippen molar-refractivity contribution in [2.24, 2.45) is 0 Å². The van der Waals surface area contributed by atoms with Crippen molar-refractivity contribution in [2.75, 3.05) is 0 Å². The quantitative estimate of drug-likeness (QED) is 0.161. The third kappa shape index (κ3) is 6.65. The van der Waals surface area contributed by atoms with Crippen LogP contribution in [-0.4, -0.2) is 15.0 Å². The highest BCUT2D eigenvalue weighted by molar-refractivity contribution is 7.25. The van der Waals surface area contributed by atoms with Gasteiger partial charge in [-0.15, -0.1) is 11.3 Å². The van der Waals surface area contributed by atoms with Crippen LogP contribution in [0, 0.1) is 0 Å². The molecule has 12 aromatic rings. The van der Waals surface area contributed by atoms with Crippen molar-refractivity contribution in [3.63, 3.8) is 0 Å². The van der Waals surface area contributed by atoms with Crippen LogP contribution >= 0.6 is 11.3 Å². The van der Waals surface area contributed by atoms with Crippen molar-refractivity contribution in [3.05, 3.63) is 224 Å². The molecule has 0 N–H and O–H groups in total. The number of fused-ring (bicyclic) bond motifs is 5. The second-order valence-corrected chi connectivity index (χ2v) is 17.0. The Hall–Kier alpha value is -8.05. The fraction of sp³-hybridized carbons (Fsp3) is 0. The molecular formula is C59H37N3S. The lowest BCUT2D eigenvalue weighted by molar-refractivity contribution is 1.07. The molecule has 0 amide bonds. The molecule has 12 rings (SSSR count). The van der Waals surface area contributed by atoms with E-state index in [0.29, 0.717) is 17.5 Å². The standard InChI is InChI=1S/C59H37N3S/c1-2-15-43(16-3-1)57-60-58(44-33-31-41(32-34-44)49-23-11-18-39-14-5-7-20-47(39)49)62-59(61-57)45-35-36-50(51-24-12-26-55-56(51)52-21-8-9-25-54(52)63-55)53(37-45)42-29-27-40(28-30-42)48-22-10-17-38-13-4-6-19-46(38)48/h1-37H. The summed E-state index contributed by atoms with van der Waals surface area (Å²) in [6, 6.07) is 80.1. The number of rotatable bonds is 7. The van der Waals surface area contributed by atoms with E-state index in [9.17, 15) is 0 Å². The van der Waals surface area contributed by atoms with Crippen LogP contribution < -0.4 is 0 Å². The van der Waals surface area contributed by atoms with E-state index in [1.807, 2.05) is 29.5 Å². The largest absolute Gasteiger partial charge is 0.208 e. The minimum absolute atomic E-state index is 0.622. The Morgan fingerprint density at radius 3 is 1.32 bits per heavy atom. The Morgan fingerprint density at radius 1 is 0.254 bits per heavy atom. The molecule has 0 aliphatic carbocycles. The van der Waals surface area contributed by atoms with Crippen LogP contribution in [0.2, 0.25) is 0 Å². The molecule has 0 fully saturated rings. The summed E-state index contributed by atoms with van der Waals surface area (Å²) in [5.41, 5.74) is 12.1. The molecule has 0 aliphatic heterocycles. The van der Waals surface area contributed by atoms with Crippen molar-refractivity contribution in [1.29, 1.82) is 0 Å². The molecule has 63 heavy (non-hydrogen) atoms. The van der Waals surface area contributed by atoms with Gasteiger partial charge in [0.2, 0.25) is 0 Å². The predicted octanol–water partition coefficient (Wildman–Crippen LogP) is 16.2. The van der Waals surface area contributed by atoms with Crippen molar-refractivity contribution >= 4 is 53.1 Å². The molecule has 0 saturated heterocycles. The number of hydrogen-bond donors (Lipinski definition) is 0. The van der Waals surface area contributed by atoms with E-state index in [1.165, 1.54) is 64.0 Å². The topological polar surface area (TPSA) is 38.7 Å². The highest BCUT2D eigenvalue weighted by Gasteiger charge is 2.19. The lowest BCUT2D eigenvalue weighted by atomic mass is 9.89. The van der Waals surface area contributed by atoms with Crippen molar-refractivity contribution < 1.29 is 0 Å². The molecule has 0 atom stereocenters. The number of aromatic nitrogens is 3. The van der Waals surface area contributed by atoms with Gasteiger partial charge in [-0.25, -0.2) is 15.0 Å². The third-order valence-electron chi connectivity index (χ3n) is 12.2. The van der Waals surface area contributed by atoms with Gasteiger partial charge in [0, 0.05) is 36.9 Å². The third-order valence-corrected chi connectivity index (χ3v) is 13.3. The van der Waals surface area contributed by atoms with Crippen LogP contribution in [0.3, 0.4) is 0 Å². The summed E-state index contributed by atoms with van der Waals surface area (Å²) < 4.78 is 2.56. The normalized spacial score (nSPS) is 11.5. The first kappa shape index (κ1) is 36.8. The monoisotopic (exact) mass is 819 g/mol. The average Bonchev–Trinajstić information content (AvgIpc) is 3.75. The number of hydrogen-bond acceptors (Lipinski definition) is 4. The summed E-state index contributed by atoms with van der Waals surface area (Å²) in [5.74, 6) is 1.88. The van der Waals surface area contributed by atoms with Crippen LogP contribution in [0.5, 0.6) is 0 Å². The first-order chi connectivity index (χ1) is 31.2. The van der Waals surface area contributed by atoms with Crippen molar-refractivity contribution in [3.8, 4) is 78.7 Å². The van der Waals surface area contributed by atoms with Gasteiger partial charge in [-0.2, -0.15) is 0 Å². The fourth-order valence-electron chi connectivity index (χ4n) is 9.09. The second kappa shape index (κ2) is 15.4. The Balaban J connectivity index is 1.02. The van der Waals surface area contributed by atoms with E-state index in [-0.39, 0.29) is 0 Å². The average molecular weight is 820 g/mol. The Kier molecular flexibility index (Phi) is 9.02. The first-order valence-electron chi connectivity index (χ1n) is 21.3. The highest BCUT2D eigenvalue weighted by Crippen LogP contribution is 2.44. The lowest BCUT2D eigenvalue weighted by Crippen LogP contribution is -2.00. The maximum atomic E-state index is 5.23. The minimum Gasteiger partial charge on any atom is -0.208 e. The summed E-state index contributed by atoms with van der Waals surface area (Å²) in [4.78, 5) is 15.5. The summed E-state index contributed by atoms with van der Waals surface area (Å²) in [7, 11) is 0. The highest BCUT2D eigenvalue weighted by atomic mass is 32.1. The van der Waals surface area contributed by atoms with Gasteiger partial charge >= 0.3 is 0 Å². The van der Waals surface area contributed by atoms with E-state index in [4.69, 9.17) is 15.0 Å². The SMILES string of the molecule is c1ccc(-c2nc(-c3ccc(-c4cccc5ccccc45)cc3)nc(-c3ccc(-c4cccc5sc6ccccc6c45)c(-c4ccc(-c5cccc6ccccc56)cc4)c3)n2)cc1.